The van der Waals surface area contributed by atoms with Crippen molar-refractivity contribution in [3.63, 3.8) is 0 Å². The summed E-state index contributed by atoms with van der Waals surface area (Å²) in [7, 11) is 0. The van der Waals surface area contributed by atoms with Gasteiger partial charge < -0.3 is 4.90 Å². The fourth-order valence-electron chi connectivity index (χ4n) is 12.9. The zero-order valence-corrected chi connectivity index (χ0v) is 30.7. The molecule has 6 aliphatic rings. The molecule has 4 saturated carbocycles. The van der Waals surface area contributed by atoms with Crippen molar-refractivity contribution in [3.8, 4) is 11.1 Å². The van der Waals surface area contributed by atoms with Gasteiger partial charge in [-0.1, -0.05) is 118 Å². The van der Waals surface area contributed by atoms with Crippen molar-refractivity contribution in [2.45, 2.75) is 92.3 Å². The Balaban J connectivity index is 1.16. The van der Waals surface area contributed by atoms with Gasteiger partial charge in [-0.05, 0) is 148 Å². The molecule has 5 aromatic rings. The summed E-state index contributed by atoms with van der Waals surface area (Å²) in [6.45, 7) is 9.78. The lowest BCUT2D eigenvalue weighted by Crippen LogP contribution is -2.74. The molecule has 50 heavy (non-hydrogen) atoms. The maximum Gasteiger partial charge on any atom is 0.0604 e. The van der Waals surface area contributed by atoms with Crippen LogP contribution in [0.25, 0.3) is 11.1 Å². The van der Waals surface area contributed by atoms with Crippen molar-refractivity contribution >= 4 is 28.8 Å². The van der Waals surface area contributed by atoms with Crippen LogP contribution in [0.1, 0.15) is 88.5 Å². The molecule has 1 heterocycles. The van der Waals surface area contributed by atoms with Crippen LogP contribution in [0.15, 0.2) is 125 Å². The minimum atomic E-state index is 0.0776. The third-order valence-electron chi connectivity index (χ3n) is 15.0. The Morgan fingerprint density at radius 3 is 2.12 bits per heavy atom. The molecule has 2 spiro atoms. The molecule has 4 fully saturated rings. The number of nitrogens with zero attached hydrogens (tertiary/aromatic N) is 1. The van der Waals surface area contributed by atoms with E-state index in [1.807, 2.05) is 11.8 Å². The highest BCUT2D eigenvalue weighted by Gasteiger charge is 2.84. The highest BCUT2D eigenvalue weighted by Crippen LogP contribution is 2.89. The molecule has 0 aromatic heterocycles. The monoisotopic (exact) mass is 669 g/mol. The largest absolute Gasteiger partial charge is 0.309 e. The first kappa shape index (κ1) is 29.9. The van der Waals surface area contributed by atoms with E-state index < -0.39 is 0 Å². The lowest BCUT2D eigenvalue weighted by atomic mass is 9.26. The molecule has 6 unspecified atom stereocenters. The van der Waals surface area contributed by atoms with E-state index in [1.54, 1.807) is 11.1 Å². The molecule has 6 atom stereocenters. The second-order valence-electron chi connectivity index (χ2n) is 18.0. The summed E-state index contributed by atoms with van der Waals surface area (Å²) >= 11 is 2.05. The topological polar surface area (TPSA) is 3.24 Å². The van der Waals surface area contributed by atoms with Crippen molar-refractivity contribution in [3.05, 3.63) is 138 Å². The molecule has 5 aromatic carbocycles. The van der Waals surface area contributed by atoms with Gasteiger partial charge in [0.25, 0.3) is 0 Å². The van der Waals surface area contributed by atoms with Crippen LogP contribution >= 0.6 is 11.8 Å². The average Bonchev–Trinajstić information content (AvgIpc) is 3.66. The van der Waals surface area contributed by atoms with Crippen molar-refractivity contribution in [2.75, 3.05) is 4.90 Å². The van der Waals surface area contributed by atoms with Gasteiger partial charge in [0.05, 0.1) is 5.69 Å². The number of anilines is 3. The Hall–Kier alpha value is -3.75. The van der Waals surface area contributed by atoms with E-state index in [2.05, 4.69) is 148 Å². The smallest absolute Gasteiger partial charge is 0.0604 e. The van der Waals surface area contributed by atoms with Crippen LogP contribution in [-0.2, 0) is 16.2 Å². The SMILES string of the molecule is CC1(C)CCC(C)(C)c2cc(N(c3ccccc3)c3cccc4c3Sc3cccc(-c5ccccc5)c3C43C4CC5CC6CC3C64C5)ccc21. The van der Waals surface area contributed by atoms with E-state index in [4.69, 9.17) is 0 Å². The average molecular weight is 670 g/mol. The Bertz CT molecular complexity index is 2200. The molecule has 5 aliphatic carbocycles. The van der Waals surface area contributed by atoms with Crippen LogP contribution < -0.4 is 4.90 Å². The van der Waals surface area contributed by atoms with Crippen LogP contribution in [0, 0.1) is 29.1 Å². The van der Waals surface area contributed by atoms with Gasteiger partial charge in [0.15, 0.2) is 0 Å². The van der Waals surface area contributed by atoms with Gasteiger partial charge >= 0.3 is 0 Å². The molecular weight excluding hydrogens is 623 g/mol. The highest BCUT2D eigenvalue weighted by molar-refractivity contribution is 7.99. The van der Waals surface area contributed by atoms with Gasteiger partial charge in [-0.2, -0.15) is 0 Å². The minimum Gasteiger partial charge on any atom is -0.309 e. The molecule has 0 saturated heterocycles. The summed E-state index contributed by atoms with van der Waals surface area (Å²) in [6, 6.07) is 44.5. The van der Waals surface area contributed by atoms with Crippen molar-refractivity contribution in [1.82, 2.24) is 0 Å². The van der Waals surface area contributed by atoms with Crippen LogP contribution in [-0.4, -0.2) is 0 Å². The summed E-state index contributed by atoms with van der Waals surface area (Å²) in [5, 5.41) is 0. The molecule has 2 heteroatoms. The van der Waals surface area contributed by atoms with Gasteiger partial charge in [0.1, 0.15) is 0 Å². The van der Waals surface area contributed by atoms with E-state index in [1.165, 1.54) is 87.6 Å². The van der Waals surface area contributed by atoms with Gasteiger partial charge in [-0.15, -0.1) is 0 Å². The van der Waals surface area contributed by atoms with Gasteiger partial charge in [0.2, 0.25) is 0 Å². The number of rotatable bonds is 4. The fraction of sp³-hybridized carbons (Fsp3) is 0.375. The predicted molar refractivity (Wildman–Crippen MR) is 208 cm³/mol. The van der Waals surface area contributed by atoms with E-state index >= 15 is 0 Å². The van der Waals surface area contributed by atoms with Crippen LogP contribution in [0.3, 0.4) is 0 Å². The second-order valence-corrected chi connectivity index (χ2v) is 19.1. The molecule has 2 bridgehead atoms. The molecular formula is C48H47NS. The number of fused-ring (bicyclic) bond motifs is 8. The Morgan fingerprint density at radius 2 is 1.34 bits per heavy atom. The zero-order valence-electron chi connectivity index (χ0n) is 29.9. The standard InChI is InChI=1S/C48H47NS/c1-45(2)23-24-46(3,4)38-28-34(21-22-36(38)45)49(33-15-9-6-10-16-33)39-19-12-18-37-44(39)50-40-20-11-17-35(31-13-7-5-8-14-31)43(40)48(37)41-26-30-25-32-27-42(48)47(32,41)29-30/h5-22,28,30,32,41-42H,23-27,29H2,1-4H3. The summed E-state index contributed by atoms with van der Waals surface area (Å²) < 4.78 is 0. The van der Waals surface area contributed by atoms with E-state index in [-0.39, 0.29) is 16.2 Å². The second kappa shape index (κ2) is 9.97. The number of para-hydroxylation sites is 1. The zero-order chi connectivity index (χ0) is 33.6. The number of hydrogen-bond donors (Lipinski definition) is 0. The predicted octanol–water partition coefficient (Wildman–Crippen LogP) is 13.0. The summed E-state index contributed by atoms with van der Waals surface area (Å²) in [5.74, 6) is 3.37. The first-order valence-corrected chi connectivity index (χ1v) is 20.1. The lowest BCUT2D eigenvalue weighted by molar-refractivity contribution is -0.234. The van der Waals surface area contributed by atoms with Crippen molar-refractivity contribution in [1.29, 1.82) is 0 Å². The molecule has 0 amide bonds. The summed E-state index contributed by atoms with van der Waals surface area (Å²) in [5.41, 5.74) is 14.0. The van der Waals surface area contributed by atoms with E-state index in [9.17, 15) is 0 Å². The van der Waals surface area contributed by atoms with Gasteiger partial charge in [-0.3, -0.25) is 0 Å². The van der Waals surface area contributed by atoms with Crippen LogP contribution in [0.4, 0.5) is 17.1 Å². The Kier molecular flexibility index (Phi) is 5.97. The summed E-state index contributed by atoms with van der Waals surface area (Å²) in [6.07, 6.45) is 8.23. The van der Waals surface area contributed by atoms with Crippen molar-refractivity contribution in [2.24, 2.45) is 29.1 Å². The third-order valence-corrected chi connectivity index (χ3v) is 16.2. The maximum absolute atomic E-state index is 2.60. The molecule has 250 valence electrons. The maximum atomic E-state index is 2.60. The first-order valence-electron chi connectivity index (χ1n) is 19.2. The normalized spacial score (nSPS) is 31.1. The van der Waals surface area contributed by atoms with Crippen LogP contribution in [0.2, 0.25) is 0 Å². The summed E-state index contributed by atoms with van der Waals surface area (Å²) in [4.78, 5) is 5.56. The minimum absolute atomic E-state index is 0.0776. The van der Waals surface area contributed by atoms with Crippen LogP contribution in [0.5, 0.6) is 0 Å². The number of benzene rings is 5. The highest BCUT2D eigenvalue weighted by atomic mass is 32.2. The molecule has 1 aliphatic heterocycles. The molecule has 1 nitrogen and oxygen atoms in total. The Labute approximate surface area is 302 Å². The van der Waals surface area contributed by atoms with Crippen molar-refractivity contribution < 1.29 is 0 Å². The number of hydrogen-bond acceptors (Lipinski definition) is 2. The third kappa shape index (κ3) is 3.62. The van der Waals surface area contributed by atoms with E-state index in [0.717, 1.165) is 23.7 Å². The molecule has 11 rings (SSSR count). The first-order chi connectivity index (χ1) is 24.2. The Morgan fingerprint density at radius 1 is 0.620 bits per heavy atom. The lowest BCUT2D eigenvalue weighted by Gasteiger charge is -2.78. The van der Waals surface area contributed by atoms with Gasteiger partial charge in [0, 0.05) is 26.6 Å². The molecule has 0 N–H and O–H groups in total. The van der Waals surface area contributed by atoms with E-state index in [0.29, 0.717) is 5.41 Å². The molecule has 0 radical (unpaired) electrons. The fourth-order valence-corrected chi connectivity index (χ4v) is 14.3. The quantitative estimate of drug-likeness (QED) is 0.187. The van der Waals surface area contributed by atoms with Gasteiger partial charge in [-0.25, -0.2) is 0 Å².